The lowest BCUT2D eigenvalue weighted by atomic mass is 9.97. The molecule has 0 amide bonds. The lowest BCUT2D eigenvalue weighted by Gasteiger charge is -2.46. The zero-order valence-corrected chi connectivity index (χ0v) is 22.7. The maximum atomic E-state index is 12.8. The Labute approximate surface area is 241 Å². The Morgan fingerprint density at radius 3 is 2.31 bits per heavy atom. The standard InChI is InChI=1S/C29H36O13/c1-15-22(34)23(35)24(36)29(39-15)42-27-25(37)28(38-12-11-16-5-3-2-4-6-16)40-20(14-30)26(27)41-21(33)10-8-17-7-9-18(31)19(32)13-17/h2-10,13,15,20,22-32,34-37H,11-12,14H2,1H3. The van der Waals surface area contributed by atoms with Crippen molar-refractivity contribution in [1.82, 2.24) is 0 Å². The molecule has 2 aliphatic heterocycles. The summed E-state index contributed by atoms with van der Waals surface area (Å²) in [5.41, 5.74) is 1.33. The fourth-order valence-corrected chi connectivity index (χ4v) is 4.68. The zero-order valence-electron chi connectivity index (χ0n) is 22.7. The fraction of sp³-hybridized carbons (Fsp3) is 0.483. The Hall–Kier alpha value is -3.11. The second-order valence-corrected chi connectivity index (χ2v) is 10.1. The summed E-state index contributed by atoms with van der Waals surface area (Å²) in [5.74, 6) is -1.67. The highest BCUT2D eigenvalue weighted by molar-refractivity contribution is 5.87. The molecule has 4 rings (SSSR count). The van der Waals surface area contributed by atoms with Crippen molar-refractivity contribution in [3.05, 3.63) is 65.7 Å². The van der Waals surface area contributed by atoms with Crippen molar-refractivity contribution in [3.8, 4) is 11.5 Å². The van der Waals surface area contributed by atoms with Crippen molar-refractivity contribution < 1.29 is 64.2 Å². The molecule has 7 N–H and O–H groups in total. The number of carbonyl (C=O) groups excluding carboxylic acids is 1. The Bertz CT molecular complexity index is 1190. The molecule has 2 aromatic rings. The van der Waals surface area contributed by atoms with Gasteiger partial charge in [-0.2, -0.15) is 0 Å². The van der Waals surface area contributed by atoms with Crippen LogP contribution >= 0.6 is 0 Å². The molecule has 2 heterocycles. The molecule has 230 valence electrons. The Balaban J connectivity index is 1.52. The summed E-state index contributed by atoms with van der Waals surface area (Å²) in [7, 11) is 0. The molecule has 2 aliphatic rings. The summed E-state index contributed by atoms with van der Waals surface area (Å²) in [6, 6.07) is 13.3. The maximum absolute atomic E-state index is 12.8. The van der Waals surface area contributed by atoms with Crippen LogP contribution in [-0.2, 0) is 34.9 Å². The minimum atomic E-state index is -1.73. The number of benzene rings is 2. The first-order valence-electron chi connectivity index (χ1n) is 13.4. The van der Waals surface area contributed by atoms with Crippen molar-refractivity contribution in [2.75, 3.05) is 13.2 Å². The SMILES string of the molecule is CC1OC(OC2C(O)C(OCCc3ccccc3)OC(CO)C2OC(=O)C=Cc2ccc(O)c(O)c2)C(O)C(O)C1O. The van der Waals surface area contributed by atoms with E-state index in [1.807, 2.05) is 30.3 Å². The van der Waals surface area contributed by atoms with E-state index in [0.29, 0.717) is 12.0 Å². The number of aliphatic hydroxyl groups excluding tert-OH is 5. The van der Waals surface area contributed by atoms with Crippen LogP contribution in [0.2, 0.25) is 0 Å². The van der Waals surface area contributed by atoms with E-state index in [0.717, 1.165) is 11.6 Å². The molecule has 10 unspecified atom stereocenters. The molecular weight excluding hydrogens is 556 g/mol. The monoisotopic (exact) mass is 592 g/mol. The van der Waals surface area contributed by atoms with E-state index in [2.05, 4.69) is 0 Å². The number of phenols is 2. The first-order chi connectivity index (χ1) is 20.1. The van der Waals surface area contributed by atoms with Gasteiger partial charge in [0.15, 0.2) is 30.2 Å². The Morgan fingerprint density at radius 1 is 0.881 bits per heavy atom. The van der Waals surface area contributed by atoms with Gasteiger partial charge in [-0.1, -0.05) is 36.4 Å². The van der Waals surface area contributed by atoms with E-state index < -0.39 is 79.7 Å². The Morgan fingerprint density at radius 2 is 1.62 bits per heavy atom. The van der Waals surface area contributed by atoms with Gasteiger partial charge in [-0.25, -0.2) is 4.79 Å². The minimum Gasteiger partial charge on any atom is -0.504 e. The average Bonchev–Trinajstić information content (AvgIpc) is 2.98. The van der Waals surface area contributed by atoms with E-state index in [4.69, 9.17) is 23.7 Å². The number of esters is 1. The van der Waals surface area contributed by atoms with Crippen molar-refractivity contribution in [3.63, 3.8) is 0 Å². The maximum Gasteiger partial charge on any atom is 0.331 e. The van der Waals surface area contributed by atoms with Gasteiger partial charge in [-0.15, -0.1) is 0 Å². The molecule has 10 atom stereocenters. The molecule has 13 heteroatoms. The lowest BCUT2D eigenvalue weighted by molar-refractivity contribution is -0.357. The van der Waals surface area contributed by atoms with E-state index in [1.165, 1.54) is 31.2 Å². The van der Waals surface area contributed by atoms with E-state index in [1.54, 1.807) is 0 Å². The number of aliphatic hydroxyl groups is 5. The first-order valence-corrected chi connectivity index (χ1v) is 13.4. The summed E-state index contributed by atoms with van der Waals surface area (Å²) in [5, 5.41) is 71.3. The second-order valence-electron chi connectivity index (χ2n) is 10.1. The summed E-state index contributed by atoms with van der Waals surface area (Å²) < 4.78 is 28.4. The van der Waals surface area contributed by atoms with Crippen LogP contribution in [0.5, 0.6) is 11.5 Å². The number of rotatable bonds is 10. The molecule has 0 bridgehead atoms. The predicted molar refractivity (Wildman–Crippen MR) is 144 cm³/mol. The van der Waals surface area contributed by atoms with Crippen LogP contribution in [-0.4, -0.2) is 116 Å². The summed E-state index contributed by atoms with van der Waals surface area (Å²) in [6.45, 7) is 0.893. The van der Waals surface area contributed by atoms with Crippen molar-refractivity contribution in [1.29, 1.82) is 0 Å². The van der Waals surface area contributed by atoms with Gasteiger partial charge >= 0.3 is 5.97 Å². The summed E-state index contributed by atoms with van der Waals surface area (Å²) in [4.78, 5) is 12.8. The summed E-state index contributed by atoms with van der Waals surface area (Å²) >= 11 is 0. The molecule has 2 fully saturated rings. The van der Waals surface area contributed by atoms with Crippen molar-refractivity contribution >= 4 is 12.0 Å². The largest absolute Gasteiger partial charge is 0.504 e. The van der Waals surface area contributed by atoms with Gasteiger partial charge < -0.3 is 59.4 Å². The smallest absolute Gasteiger partial charge is 0.331 e. The zero-order chi connectivity index (χ0) is 30.4. The van der Waals surface area contributed by atoms with Crippen molar-refractivity contribution in [2.24, 2.45) is 0 Å². The summed E-state index contributed by atoms with van der Waals surface area (Å²) in [6.07, 6.45) is -11.6. The van der Waals surface area contributed by atoms with Gasteiger partial charge in [0, 0.05) is 6.08 Å². The molecule has 13 nitrogen and oxygen atoms in total. The van der Waals surface area contributed by atoms with Crippen LogP contribution in [0.15, 0.2) is 54.6 Å². The van der Waals surface area contributed by atoms with Crippen LogP contribution in [0, 0.1) is 0 Å². The number of phenolic OH excluding ortho intramolecular Hbond substituents is 2. The molecule has 2 saturated heterocycles. The van der Waals surface area contributed by atoms with Crippen LogP contribution < -0.4 is 0 Å². The number of carbonyl (C=O) groups is 1. The predicted octanol–water partition coefficient (Wildman–Crippen LogP) is -0.427. The third kappa shape index (κ3) is 7.64. The van der Waals surface area contributed by atoms with Crippen LogP contribution in [0.1, 0.15) is 18.1 Å². The first kappa shape index (κ1) is 31.8. The second kappa shape index (κ2) is 14.4. The third-order valence-corrected chi connectivity index (χ3v) is 7.07. The van der Waals surface area contributed by atoms with Gasteiger partial charge in [0.2, 0.25) is 0 Å². The molecule has 0 radical (unpaired) electrons. The minimum absolute atomic E-state index is 0.119. The lowest BCUT2D eigenvalue weighted by Crippen LogP contribution is -2.65. The molecule has 0 saturated carbocycles. The number of ether oxygens (including phenoxy) is 5. The Kier molecular flexibility index (Phi) is 10.9. The number of hydrogen-bond donors (Lipinski definition) is 7. The van der Waals surface area contributed by atoms with E-state index >= 15 is 0 Å². The highest BCUT2D eigenvalue weighted by atomic mass is 16.7. The normalized spacial score (nSPS) is 33.5. The fourth-order valence-electron chi connectivity index (χ4n) is 4.68. The molecule has 42 heavy (non-hydrogen) atoms. The van der Waals surface area contributed by atoms with E-state index in [9.17, 15) is 40.5 Å². The molecular formula is C29H36O13. The number of hydrogen-bond acceptors (Lipinski definition) is 13. The van der Waals surface area contributed by atoms with Crippen LogP contribution in [0.4, 0.5) is 0 Å². The highest BCUT2D eigenvalue weighted by Crippen LogP contribution is 2.31. The topological polar surface area (TPSA) is 205 Å². The third-order valence-electron chi connectivity index (χ3n) is 7.07. The van der Waals surface area contributed by atoms with Gasteiger partial charge in [-0.05, 0) is 42.7 Å². The molecule has 2 aromatic carbocycles. The molecule has 0 aromatic heterocycles. The molecule has 0 spiro atoms. The van der Waals surface area contributed by atoms with Gasteiger partial charge in [0.05, 0.1) is 19.3 Å². The number of aromatic hydroxyl groups is 2. The van der Waals surface area contributed by atoms with Gasteiger partial charge in [0.25, 0.3) is 0 Å². The molecule has 0 aliphatic carbocycles. The van der Waals surface area contributed by atoms with Crippen LogP contribution in [0.3, 0.4) is 0 Å². The van der Waals surface area contributed by atoms with E-state index in [-0.39, 0.29) is 12.4 Å². The van der Waals surface area contributed by atoms with Gasteiger partial charge in [0.1, 0.15) is 36.6 Å². The quantitative estimate of drug-likeness (QED) is 0.106. The van der Waals surface area contributed by atoms with Crippen molar-refractivity contribution in [2.45, 2.75) is 74.8 Å². The highest BCUT2D eigenvalue weighted by Gasteiger charge is 2.52. The average molecular weight is 593 g/mol. The van der Waals surface area contributed by atoms with Crippen LogP contribution in [0.25, 0.3) is 6.08 Å². The van der Waals surface area contributed by atoms with Gasteiger partial charge in [-0.3, -0.25) is 0 Å².